The number of hydrogen-bond donors (Lipinski definition) is 0. The highest BCUT2D eigenvalue weighted by Crippen LogP contribution is 2.02. The summed E-state index contributed by atoms with van der Waals surface area (Å²) in [5, 5.41) is 0. The molecule has 0 heterocycles. The number of nitrogens with zero attached hydrogens (tertiary/aromatic N) is 1. The van der Waals surface area contributed by atoms with Crippen LogP contribution in [0.3, 0.4) is 0 Å². The third-order valence-electron chi connectivity index (χ3n) is 1.64. The van der Waals surface area contributed by atoms with Crippen molar-refractivity contribution in [2.75, 3.05) is 20.0 Å². The Morgan fingerprint density at radius 2 is 2.00 bits per heavy atom. The summed E-state index contributed by atoms with van der Waals surface area (Å²) in [6, 6.07) is 0.670. The molecule has 1 unspecified atom stereocenters. The van der Waals surface area contributed by atoms with Gasteiger partial charge >= 0.3 is 0 Å². The summed E-state index contributed by atoms with van der Waals surface area (Å²) in [6.07, 6.45) is 2.33. The lowest BCUT2D eigenvalue weighted by atomic mass is 10.2. The van der Waals surface area contributed by atoms with E-state index in [1.807, 2.05) is 0 Å². The SMILES string of the molecule is CC(CCCCl)N(C)C. The van der Waals surface area contributed by atoms with E-state index < -0.39 is 0 Å². The lowest BCUT2D eigenvalue weighted by Crippen LogP contribution is -2.24. The summed E-state index contributed by atoms with van der Waals surface area (Å²) < 4.78 is 0. The number of halogens is 1. The van der Waals surface area contributed by atoms with Gasteiger partial charge in [-0.1, -0.05) is 0 Å². The van der Waals surface area contributed by atoms with E-state index in [0.29, 0.717) is 6.04 Å². The van der Waals surface area contributed by atoms with Crippen molar-refractivity contribution in [2.45, 2.75) is 25.8 Å². The maximum Gasteiger partial charge on any atom is 0.0224 e. The summed E-state index contributed by atoms with van der Waals surface area (Å²) in [5.41, 5.74) is 0. The van der Waals surface area contributed by atoms with Crippen molar-refractivity contribution in [1.82, 2.24) is 4.90 Å². The largest absolute Gasteiger partial charge is 0.307 e. The molecule has 0 N–H and O–H groups in total. The zero-order valence-corrected chi connectivity index (χ0v) is 7.28. The van der Waals surface area contributed by atoms with E-state index in [1.54, 1.807) is 0 Å². The maximum atomic E-state index is 5.53. The Hall–Kier alpha value is 0.250. The van der Waals surface area contributed by atoms with E-state index >= 15 is 0 Å². The van der Waals surface area contributed by atoms with Crippen molar-refractivity contribution >= 4 is 11.6 Å². The zero-order valence-electron chi connectivity index (χ0n) is 6.52. The van der Waals surface area contributed by atoms with Crippen molar-refractivity contribution in [3.63, 3.8) is 0 Å². The lowest BCUT2D eigenvalue weighted by molar-refractivity contribution is 0.297. The van der Waals surface area contributed by atoms with Gasteiger partial charge in [-0.25, -0.2) is 0 Å². The van der Waals surface area contributed by atoms with Crippen LogP contribution in [0.5, 0.6) is 0 Å². The fourth-order valence-corrected chi connectivity index (χ4v) is 0.785. The monoisotopic (exact) mass is 149 g/mol. The van der Waals surface area contributed by atoms with Crippen LogP contribution in [0.1, 0.15) is 19.8 Å². The van der Waals surface area contributed by atoms with Gasteiger partial charge in [0.15, 0.2) is 0 Å². The molecule has 0 saturated carbocycles. The molecule has 0 saturated heterocycles. The zero-order chi connectivity index (χ0) is 7.28. The molecule has 0 amide bonds. The van der Waals surface area contributed by atoms with Gasteiger partial charge in [0, 0.05) is 11.9 Å². The van der Waals surface area contributed by atoms with Crippen LogP contribution < -0.4 is 0 Å². The fraction of sp³-hybridized carbons (Fsp3) is 1.00. The Labute approximate surface area is 63.0 Å². The van der Waals surface area contributed by atoms with Gasteiger partial charge in [-0.05, 0) is 33.9 Å². The van der Waals surface area contributed by atoms with Crippen LogP contribution in [0.25, 0.3) is 0 Å². The van der Waals surface area contributed by atoms with E-state index in [4.69, 9.17) is 11.6 Å². The van der Waals surface area contributed by atoms with Crippen molar-refractivity contribution in [3.8, 4) is 0 Å². The Kier molecular flexibility index (Phi) is 5.21. The summed E-state index contributed by atoms with van der Waals surface area (Å²) in [5.74, 6) is 0.790. The Bertz CT molecular complexity index is 63.9. The van der Waals surface area contributed by atoms with Crippen molar-refractivity contribution in [1.29, 1.82) is 0 Å². The molecular formula is C7H16ClN. The first kappa shape index (κ1) is 9.25. The first-order valence-corrected chi connectivity index (χ1v) is 3.94. The van der Waals surface area contributed by atoms with Crippen LogP contribution in [0.15, 0.2) is 0 Å². The van der Waals surface area contributed by atoms with E-state index in [2.05, 4.69) is 25.9 Å². The molecule has 56 valence electrons. The van der Waals surface area contributed by atoms with E-state index in [0.717, 1.165) is 12.3 Å². The van der Waals surface area contributed by atoms with Crippen LogP contribution in [0, 0.1) is 0 Å². The minimum absolute atomic E-state index is 0.670. The highest BCUT2D eigenvalue weighted by molar-refractivity contribution is 6.17. The smallest absolute Gasteiger partial charge is 0.0224 e. The van der Waals surface area contributed by atoms with Crippen molar-refractivity contribution in [3.05, 3.63) is 0 Å². The van der Waals surface area contributed by atoms with Gasteiger partial charge in [0.1, 0.15) is 0 Å². The van der Waals surface area contributed by atoms with E-state index in [1.165, 1.54) is 6.42 Å². The first-order valence-electron chi connectivity index (χ1n) is 3.41. The van der Waals surface area contributed by atoms with Crippen LogP contribution in [-0.4, -0.2) is 30.9 Å². The Morgan fingerprint density at radius 1 is 1.44 bits per heavy atom. The summed E-state index contributed by atoms with van der Waals surface area (Å²) in [4.78, 5) is 2.21. The minimum atomic E-state index is 0.670. The molecule has 0 aromatic carbocycles. The predicted molar refractivity (Wildman–Crippen MR) is 43.1 cm³/mol. The molecule has 0 bridgehead atoms. The van der Waals surface area contributed by atoms with Crippen molar-refractivity contribution in [2.24, 2.45) is 0 Å². The molecule has 1 nitrogen and oxygen atoms in total. The molecule has 0 aromatic rings. The van der Waals surface area contributed by atoms with E-state index in [9.17, 15) is 0 Å². The molecule has 1 atom stereocenters. The topological polar surface area (TPSA) is 3.24 Å². The van der Waals surface area contributed by atoms with Gasteiger partial charge in [0.25, 0.3) is 0 Å². The quantitative estimate of drug-likeness (QED) is 0.553. The highest BCUT2D eigenvalue weighted by atomic mass is 35.5. The normalized spacial score (nSPS) is 14.3. The molecule has 2 heteroatoms. The second-order valence-corrected chi connectivity index (χ2v) is 3.02. The lowest BCUT2D eigenvalue weighted by Gasteiger charge is -2.18. The Morgan fingerprint density at radius 3 is 2.33 bits per heavy atom. The Balaban J connectivity index is 3.16. The summed E-state index contributed by atoms with van der Waals surface area (Å²) in [6.45, 7) is 2.21. The van der Waals surface area contributed by atoms with Gasteiger partial charge in [0.05, 0.1) is 0 Å². The standard InChI is InChI=1S/C7H16ClN/c1-7(9(2)3)5-4-6-8/h7H,4-6H2,1-3H3. The second kappa shape index (κ2) is 5.07. The van der Waals surface area contributed by atoms with Gasteiger partial charge in [-0.15, -0.1) is 11.6 Å². The second-order valence-electron chi connectivity index (χ2n) is 2.64. The third kappa shape index (κ3) is 4.73. The molecule has 0 aromatic heterocycles. The van der Waals surface area contributed by atoms with Gasteiger partial charge in [-0.3, -0.25) is 0 Å². The van der Waals surface area contributed by atoms with Gasteiger partial charge in [0.2, 0.25) is 0 Å². The number of hydrogen-bond acceptors (Lipinski definition) is 1. The number of rotatable bonds is 4. The van der Waals surface area contributed by atoms with Crippen LogP contribution in [0.2, 0.25) is 0 Å². The molecule has 0 aliphatic heterocycles. The van der Waals surface area contributed by atoms with Crippen molar-refractivity contribution < 1.29 is 0 Å². The molecule has 0 aliphatic carbocycles. The number of alkyl halides is 1. The molecule has 9 heavy (non-hydrogen) atoms. The molecule has 0 radical (unpaired) electrons. The van der Waals surface area contributed by atoms with Crippen LogP contribution in [0.4, 0.5) is 0 Å². The van der Waals surface area contributed by atoms with E-state index in [-0.39, 0.29) is 0 Å². The average Bonchev–Trinajstić information content (AvgIpc) is 1.82. The van der Waals surface area contributed by atoms with Crippen LogP contribution >= 0.6 is 11.6 Å². The molecule has 0 rings (SSSR count). The summed E-state index contributed by atoms with van der Waals surface area (Å²) in [7, 11) is 4.19. The molecule has 0 spiro atoms. The third-order valence-corrected chi connectivity index (χ3v) is 1.90. The molecule has 0 aliphatic rings. The molecule has 0 fully saturated rings. The highest BCUT2D eigenvalue weighted by Gasteiger charge is 2.01. The average molecular weight is 150 g/mol. The van der Waals surface area contributed by atoms with Gasteiger partial charge in [-0.2, -0.15) is 0 Å². The predicted octanol–water partition coefficient (Wildman–Crippen LogP) is 1.96. The minimum Gasteiger partial charge on any atom is -0.307 e. The first-order chi connectivity index (χ1) is 4.18. The van der Waals surface area contributed by atoms with Crippen LogP contribution in [-0.2, 0) is 0 Å². The van der Waals surface area contributed by atoms with Gasteiger partial charge < -0.3 is 4.90 Å². The molecular weight excluding hydrogens is 134 g/mol. The maximum absolute atomic E-state index is 5.53. The fourth-order valence-electron chi connectivity index (χ4n) is 0.631. The summed E-state index contributed by atoms with van der Waals surface area (Å²) >= 11 is 5.53.